The zero-order valence-corrected chi connectivity index (χ0v) is 16.7. The normalized spacial score (nSPS) is 17.2. The van der Waals surface area contributed by atoms with Gasteiger partial charge in [-0.3, -0.25) is 0 Å². The predicted octanol–water partition coefficient (Wildman–Crippen LogP) is 2.95. The van der Waals surface area contributed by atoms with Gasteiger partial charge in [0.25, 0.3) is 0 Å². The number of aliphatic imine (C=N–C) groups is 1. The molecule has 3 rings (SSSR count). The van der Waals surface area contributed by atoms with Gasteiger partial charge in [0.15, 0.2) is 5.96 Å². The lowest BCUT2D eigenvalue weighted by Gasteiger charge is -2.22. The molecule has 0 radical (unpaired) electrons. The first-order valence-corrected chi connectivity index (χ1v) is 10.0. The highest BCUT2D eigenvalue weighted by atomic mass is 16.5. The van der Waals surface area contributed by atoms with Crippen LogP contribution in [-0.2, 0) is 22.4 Å². The molecule has 0 spiro atoms. The molecule has 28 heavy (non-hydrogen) atoms. The van der Waals surface area contributed by atoms with E-state index in [-0.39, 0.29) is 0 Å². The average Bonchev–Trinajstić information content (AvgIpc) is 3.41. The summed E-state index contributed by atoms with van der Waals surface area (Å²) in [5.41, 5.74) is 1.21. The summed E-state index contributed by atoms with van der Waals surface area (Å²) in [7, 11) is 1.70. The Labute approximate surface area is 167 Å². The summed E-state index contributed by atoms with van der Waals surface area (Å²) in [6, 6.07) is 14.3. The van der Waals surface area contributed by atoms with Crippen molar-refractivity contribution < 1.29 is 13.9 Å². The van der Waals surface area contributed by atoms with Crippen LogP contribution in [0.25, 0.3) is 0 Å². The van der Waals surface area contributed by atoms with E-state index >= 15 is 0 Å². The number of benzene rings is 1. The maximum absolute atomic E-state index is 5.72. The van der Waals surface area contributed by atoms with Crippen LogP contribution in [0.1, 0.15) is 17.7 Å². The zero-order chi connectivity index (χ0) is 19.4. The van der Waals surface area contributed by atoms with E-state index in [0.717, 1.165) is 50.8 Å². The molecule has 6 heteroatoms. The molecule has 0 saturated carbocycles. The first-order valence-electron chi connectivity index (χ1n) is 10.0. The van der Waals surface area contributed by atoms with Crippen LogP contribution in [0.2, 0.25) is 0 Å². The van der Waals surface area contributed by atoms with E-state index in [0.29, 0.717) is 25.7 Å². The molecule has 1 saturated heterocycles. The van der Waals surface area contributed by atoms with Crippen LogP contribution in [0, 0.1) is 5.92 Å². The number of likely N-dealkylation sites (tertiary alicyclic amines) is 1. The number of rotatable bonds is 10. The van der Waals surface area contributed by atoms with E-state index < -0.39 is 0 Å². The number of methoxy groups -OCH3 is 1. The van der Waals surface area contributed by atoms with Gasteiger partial charge >= 0.3 is 0 Å². The number of ether oxygens (including phenoxy) is 2. The largest absolute Gasteiger partial charge is 0.469 e. The number of hydrogen-bond acceptors (Lipinski definition) is 4. The van der Waals surface area contributed by atoms with Gasteiger partial charge in [-0.05, 0) is 24.1 Å². The molecule has 1 N–H and O–H groups in total. The van der Waals surface area contributed by atoms with E-state index in [1.54, 1.807) is 13.4 Å². The number of nitrogens with zero attached hydrogens (tertiary/aromatic N) is 2. The first-order chi connectivity index (χ1) is 13.8. The van der Waals surface area contributed by atoms with Crippen molar-refractivity contribution in [2.75, 3.05) is 46.6 Å². The minimum absolute atomic E-state index is 0.533. The van der Waals surface area contributed by atoms with Gasteiger partial charge in [-0.2, -0.15) is 0 Å². The third-order valence-electron chi connectivity index (χ3n) is 4.86. The van der Waals surface area contributed by atoms with Crippen LogP contribution in [0.3, 0.4) is 0 Å². The SMILES string of the molecule is COCCOCC1CCN(C(=NCc2ccccc2)NCCc2ccco2)C1. The molecule has 1 aromatic carbocycles. The topological polar surface area (TPSA) is 59.2 Å². The molecule has 2 aromatic rings. The van der Waals surface area contributed by atoms with Crippen molar-refractivity contribution in [1.29, 1.82) is 0 Å². The number of guanidine groups is 1. The van der Waals surface area contributed by atoms with E-state index in [1.165, 1.54) is 5.56 Å². The van der Waals surface area contributed by atoms with Crippen molar-refractivity contribution in [3.8, 4) is 0 Å². The minimum atomic E-state index is 0.533. The standard InChI is InChI=1S/C22H31N3O3/c1-26-14-15-27-18-20-10-12-25(17-20)22(23-11-9-21-8-5-13-28-21)24-16-19-6-3-2-4-7-19/h2-8,13,20H,9-12,14-18H2,1H3,(H,23,24). The lowest BCUT2D eigenvalue weighted by atomic mass is 10.1. The second-order valence-electron chi connectivity index (χ2n) is 7.05. The molecule has 1 fully saturated rings. The Morgan fingerprint density at radius 2 is 2.11 bits per heavy atom. The molecule has 1 aliphatic rings. The minimum Gasteiger partial charge on any atom is -0.469 e. The van der Waals surface area contributed by atoms with Gasteiger partial charge < -0.3 is 24.1 Å². The van der Waals surface area contributed by atoms with E-state index in [9.17, 15) is 0 Å². The summed E-state index contributed by atoms with van der Waals surface area (Å²) in [4.78, 5) is 7.22. The lowest BCUT2D eigenvalue weighted by Crippen LogP contribution is -2.41. The second kappa shape index (κ2) is 11.5. The fourth-order valence-corrected chi connectivity index (χ4v) is 3.32. The third kappa shape index (κ3) is 6.69. The van der Waals surface area contributed by atoms with Gasteiger partial charge in [-0.15, -0.1) is 0 Å². The summed E-state index contributed by atoms with van der Waals surface area (Å²) in [6.45, 7) is 5.52. The van der Waals surface area contributed by atoms with E-state index in [4.69, 9.17) is 18.9 Å². The number of furan rings is 1. The highest BCUT2D eigenvalue weighted by Gasteiger charge is 2.25. The highest BCUT2D eigenvalue weighted by molar-refractivity contribution is 5.80. The van der Waals surface area contributed by atoms with Crippen LogP contribution < -0.4 is 5.32 Å². The molecule has 152 valence electrons. The molecule has 0 aliphatic carbocycles. The van der Waals surface area contributed by atoms with Crippen LogP contribution in [-0.4, -0.2) is 57.4 Å². The van der Waals surface area contributed by atoms with Gasteiger partial charge in [-0.25, -0.2) is 4.99 Å². The second-order valence-corrected chi connectivity index (χ2v) is 7.05. The predicted molar refractivity (Wildman–Crippen MR) is 110 cm³/mol. The molecule has 1 aliphatic heterocycles. The van der Waals surface area contributed by atoms with Gasteiger partial charge in [-0.1, -0.05) is 30.3 Å². The van der Waals surface area contributed by atoms with Crippen LogP contribution >= 0.6 is 0 Å². The number of nitrogens with one attached hydrogen (secondary N) is 1. The Bertz CT molecular complexity index is 688. The van der Waals surface area contributed by atoms with Gasteiger partial charge in [0.1, 0.15) is 5.76 Å². The Kier molecular flexibility index (Phi) is 8.40. The summed E-state index contributed by atoms with van der Waals surface area (Å²) in [5, 5.41) is 3.52. The molecule has 2 heterocycles. The van der Waals surface area contributed by atoms with E-state index in [2.05, 4.69) is 34.5 Å². The Morgan fingerprint density at radius 3 is 2.89 bits per heavy atom. The average molecular weight is 386 g/mol. The quantitative estimate of drug-likeness (QED) is 0.387. The molecule has 6 nitrogen and oxygen atoms in total. The van der Waals surface area contributed by atoms with Crippen molar-refractivity contribution in [3.63, 3.8) is 0 Å². The molecule has 0 bridgehead atoms. The van der Waals surface area contributed by atoms with Crippen molar-refractivity contribution in [2.45, 2.75) is 19.4 Å². The van der Waals surface area contributed by atoms with Crippen LogP contribution in [0.15, 0.2) is 58.1 Å². The van der Waals surface area contributed by atoms with Gasteiger partial charge in [0.2, 0.25) is 0 Å². The molecule has 1 unspecified atom stereocenters. The third-order valence-corrected chi connectivity index (χ3v) is 4.86. The summed E-state index contributed by atoms with van der Waals surface area (Å²) < 4.78 is 16.2. The summed E-state index contributed by atoms with van der Waals surface area (Å²) in [6.07, 6.45) is 3.68. The Balaban J connectivity index is 1.54. The summed E-state index contributed by atoms with van der Waals surface area (Å²) in [5.74, 6) is 2.49. The van der Waals surface area contributed by atoms with Crippen LogP contribution in [0.5, 0.6) is 0 Å². The molecule has 1 aromatic heterocycles. The molecular formula is C22H31N3O3. The monoisotopic (exact) mass is 385 g/mol. The molecular weight excluding hydrogens is 354 g/mol. The maximum Gasteiger partial charge on any atom is 0.194 e. The van der Waals surface area contributed by atoms with Gasteiger partial charge in [0, 0.05) is 39.1 Å². The van der Waals surface area contributed by atoms with Crippen LogP contribution in [0.4, 0.5) is 0 Å². The fourth-order valence-electron chi connectivity index (χ4n) is 3.32. The first kappa shape index (κ1) is 20.4. The highest BCUT2D eigenvalue weighted by Crippen LogP contribution is 2.17. The molecule has 0 amide bonds. The van der Waals surface area contributed by atoms with Crippen molar-refractivity contribution in [1.82, 2.24) is 10.2 Å². The number of hydrogen-bond donors (Lipinski definition) is 1. The Morgan fingerprint density at radius 1 is 1.21 bits per heavy atom. The Hall–Kier alpha value is -2.31. The maximum atomic E-state index is 5.72. The van der Waals surface area contributed by atoms with Crippen molar-refractivity contribution in [2.24, 2.45) is 10.9 Å². The zero-order valence-electron chi connectivity index (χ0n) is 16.7. The van der Waals surface area contributed by atoms with Crippen molar-refractivity contribution in [3.05, 3.63) is 60.1 Å². The lowest BCUT2D eigenvalue weighted by molar-refractivity contribution is 0.0536. The summed E-state index contributed by atoms with van der Waals surface area (Å²) >= 11 is 0. The fraction of sp³-hybridized carbons (Fsp3) is 0.500. The smallest absolute Gasteiger partial charge is 0.194 e. The van der Waals surface area contributed by atoms with Crippen molar-refractivity contribution >= 4 is 5.96 Å². The van der Waals surface area contributed by atoms with Gasteiger partial charge in [0.05, 0.1) is 32.6 Å². The van der Waals surface area contributed by atoms with E-state index in [1.807, 2.05) is 18.2 Å². The molecule has 1 atom stereocenters.